The molecule has 3 aromatic rings. The van der Waals surface area contributed by atoms with E-state index < -0.39 is 0 Å². The Labute approximate surface area is 160 Å². The van der Waals surface area contributed by atoms with Crippen LogP contribution in [0.1, 0.15) is 28.1 Å². The maximum absolute atomic E-state index is 5.45. The van der Waals surface area contributed by atoms with E-state index >= 15 is 0 Å². The van der Waals surface area contributed by atoms with Gasteiger partial charge in [0.25, 0.3) is 0 Å². The van der Waals surface area contributed by atoms with Gasteiger partial charge in [-0.3, -0.25) is 4.68 Å². The van der Waals surface area contributed by atoms with Crippen LogP contribution >= 0.6 is 12.2 Å². The first-order valence-electron chi connectivity index (χ1n) is 8.66. The van der Waals surface area contributed by atoms with Crippen LogP contribution in [-0.4, -0.2) is 14.9 Å². The van der Waals surface area contributed by atoms with E-state index in [0.29, 0.717) is 5.11 Å². The Kier molecular flexibility index (Phi) is 5.38. The van der Waals surface area contributed by atoms with Gasteiger partial charge in [-0.2, -0.15) is 5.10 Å². The predicted molar refractivity (Wildman–Crippen MR) is 113 cm³/mol. The minimum atomic E-state index is 0.580. The first kappa shape index (κ1) is 18.1. The molecule has 0 aliphatic rings. The number of hydrogen-bond donors (Lipinski definition) is 2. The normalized spacial score (nSPS) is 10.6. The smallest absolute Gasteiger partial charge is 0.175 e. The molecule has 2 aromatic carbocycles. The topological polar surface area (TPSA) is 41.9 Å². The van der Waals surface area contributed by atoms with Crippen molar-refractivity contribution in [3.8, 4) is 0 Å². The number of thiocarbonyl (C=S) groups is 1. The van der Waals surface area contributed by atoms with E-state index in [1.54, 1.807) is 0 Å². The van der Waals surface area contributed by atoms with Crippen molar-refractivity contribution < 1.29 is 0 Å². The lowest BCUT2D eigenvalue weighted by Crippen LogP contribution is -2.19. The van der Waals surface area contributed by atoms with Crippen molar-refractivity contribution in [1.29, 1.82) is 0 Å². The van der Waals surface area contributed by atoms with Crippen molar-refractivity contribution in [2.24, 2.45) is 0 Å². The summed E-state index contributed by atoms with van der Waals surface area (Å²) in [5.41, 5.74) is 7.84. The van der Waals surface area contributed by atoms with Gasteiger partial charge in [0.1, 0.15) is 0 Å². The first-order chi connectivity index (χ1) is 12.4. The third-order valence-electron chi connectivity index (χ3n) is 4.39. The summed E-state index contributed by atoms with van der Waals surface area (Å²) in [6, 6.07) is 16.6. The van der Waals surface area contributed by atoms with E-state index in [1.165, 1.54) is 16.7 Å². The zero-order valence-electron chi connectivity index (χ0n) is 15.6. The van der Waals surface area contributed by atoms with Crippen LogP contribution in [0.25, 0.3) is 0 Å². The molecule has 0 saturated carbocycles. The SMILES string of the molecule is Cc1cc(C)n(Cc2cccc(NC(=S)Nc3ccc(C)c(C)c3)c2)n1. The van der Waals surface area contributed by atoms with Gasteiger partial charge in [0, 0.05) is 17.1 Å². The van der Waals surface area contributed by atoms with Gasteiger partial charge in [0.05, 0.1) is 12.2 Å². The fourth-order valence-electron chi connectivity index (χ4n) is 2.87. The van der Waals surface area contributed by atoms with Crippen LogP contribution in [0.5, 0.6) is 0 Å². The minimum Gasteiger partial charge on any atom is -0.332 e. The summed E-state index contributed by atoms with van der Waals surface area (Å²) in [6.07, 6.45) is 0. The molecule has 0 amide bonds. The summed E-state index contributed by atoms with van der Waals surface area (Å²) in [5.74, 6) is 0. The Morgan fingerprint density at radius 2 is 1.65 bits per heavy atom. The third kappa shape index (κ3) is 4.49. The van der Waals surface area contributed by atoms with Gasteiger partial charge < -0.3 is 10.6 Å². The molecule has 26 heavy (non-hydrogen) atoms. The predicted octanol–water partition coefficient (Wildman–Crippen LogP) is 4.97. The highest BCUT2D eigenvalue weighted by Crippen LogP contribution is 2.16. The molecule has 0 unspecified atom stereocenters. The molecule has 2 N–H and O–H groups in total. The van der Waals surface area contributed by atoms with Crippen molar-refractivity contribution in [2.45, 2.75) is 34.2 Å². The van der Waals surface area contributed by atoms with E-state index in [1.807, 2.05) is 29.8 Å². The molecule has 0 radical (unpaired) electrons. The molecule has 1 heterocycles. The molecular formula is C21H24N4S. The van der Waals surface area contributed by atoms with Gasteiger partial charge in [0.2, 0.25) is 0 Å². The molecule has 0 aliphatic heterocycles. The van der Waals surface area contributed by atoms with Crippen LogP contribution in [0.2, 0.25) is 0 Å². The lowest BCUT2D eigenvalue weighted by molar-refractivity contribution is 0.659. The van der Waals surface area contributed by atoms with Crippen LogP contribution in [0.15, 0.2) is 48.5 Å². The zero-order valence-corrected chi connectivity index (χ0v) is 16.4. The molecule has 3 rings (SSSR count). The fourth-order valence-corrected chi connectivity index (χ4v) is 3.10. The van der Waals surface area contributed by atoms with Crippen molar-refractivity contribution in [1.82, 2.24) is 9.78 Å². The molecule has 0 bridgehead atoms. The summed E-state index contributed by atoms with van der Waals surface area (Å²) in [7, 11) is 0. The third-order valence-corrected chi connectivity index (χ3v) is 4.59. The Morgan fingerprint density at radius 1 is 0.923 bits per heavy atom. The maximum atomic E-state index is 5.45. The van der Waals surface area contributed by atoms with Crippen LogP contribution in [0.4, 0.5) is 11.4 Å². The monoisotopic (exact) mass is 364 g/mol. The minimum absolute atomic E-state index is 0.580. The van der Waals surface area contributed by atoms with Crippen LogP contribution in [0.3, 0.4) is 0 Å². The molecular weight excluding hydrogens is 340 g/mol. The van der Waals surface area contributed by atoms with Gasteiger partial charge in [-0.15, -0.1) is 0 Å². The number of anilines is 2. The second-order valence-corrected chi connectivity index (χ2v) is 7.07. The highest BCUT2D eigenvalue weighted by Gasteiger charge is 2.05. The van der Waals surface area contributed by atoms with Crippen molar-refractivity contribution in [3.63, 3.8) is 0 Å². The standard InChI is InChI=1S/C21H24N4S/c1-14-8-9-20(10-15(14)2)23-21(26)22-19-7-5-6-18(12-19)13-25-17(4)11-16(3)24-25/h5-12H,13H2,1-4H3,(H2,22,23,26). The van der Waals surface area contributed by atoms with Gasteiger partial charge >= 0.3 is 0 Å². The Hall–Kier alpha value is -2.66. The molecule has 5 heteroatoms. The van der Waals surface area contributed by atoms with Crippen LogP contribution in [0, 0.1) is 27.7 Å². The largest absolute Gasteiger partial charge is 0.332 e. The van der Waals surface area contributed by atoms with Crippen molar-refractivity contribution in [3.05, 3.63) is 76.6 Å². The number of nitrogens with one attached hydrogen (secondary N) is 2. The number of benzene rings is 2. The number of aromatic nitrogens is 2. The average Bonchev–Trinajstić information content (AvgIpc) is 2.88. The molecule has 0 atom stereocenters. The molecule has 1 aromatic heterocycles. The molecule has 134 valence electrons. The summed E-state index contributed by atoms with van der Waals surface area (Å²) in [4.78, 5) is 0. The number of rotatable bonds is 4. The van der Waals surface area contributed by atoms with E-state index in [2.05, 4.69) is 66.8 Å². The maximum Gasteiger partial charge on any atom is 0.175 e. The summed E-state index contributed by atoms with van der Waals surface area (Å²) in [5, 5.41) is 11.6. The van der Waals surface area contributed by atoms with E-state index in [4.69, 9.17) is 12.2 Å². The second kappa shape index (κ2) is 7.70. The zero-order chi connectivity index (χ0) is 18.7. The lowest BCUT2D eigenvalue weighted by atomic mass is 10.1. The van der Waals surface area contributed by atoms with E-state index in [-0.39, 0.29) is 0 Å². The number of aryl methyl sites for hydroxylation is 4. The van der Waals surface area contributed by atoms with Gasteiger partial charge in [-0.25, -0.2) is 0 Å². The Morgan fingerprint density at radius 3 is 2.31 bits per heavy atom. The average molecular weight is 365 g/mol. The molecule has 0 spiro atoms. The summed E-state index contributed by atoms with van der Waals surface area (Å²) in [6.45, 7) is 9.03. The van der Waals surface area contributed by atoms with Gasteiger partial charge in [0.15, 0.2) is 5.11 Å². The Bertz CT molecular complexity index is 943. The quantitative estimate of drug-likeness (QED) is 0.641. The van der Waals surface area contributed by atoms with Crippen molar-refractivity contribution >= 4 is 28.7 Å². The van der Waals surface area contributed by atoms with Crippen LogP contribution in [-0.2, 0) is 6.54 Å². The van der Waals surface area contributed by atoms with Gasteiger partial charge in [-0.05, 0) is 86.9 Å². The van der Waals surface area contributed by atoms with Gasteiger partial charge in [-0.1, -0.05) is 18.2 Å². The highest BCUT2D eigenvalue weighted by molar-refractivity contribution is 7.80. The fraction of sp³-hybridized carbons (Fsp3) is 0.238. The summed E-state index contributed by atoms with van der Waals surface area (Å²) < 4.78 is 2.01. The van der Waals surface area contributed by atoms with E-state index in [9.17, 15) is 0 Å². The Balaban J connectivity index is 1.67. The molecule has 0 saturated heterocycles. The second-order valence-electron chi connectivity index (χ2n) is 6.66. The highest BCUT2D eigenvalue weighted by atomic mass is 32.1. The van der Waals surface area contributed by atoms with Crippen LogP contribution < -0.4 is 10.6 Å². The van der Waals surface area contributed by atoms with E-state index in [0.717, 1.165) is 29.3 Å². The molecule has 0 fully saturated rings. The number of hydrogen-bond acceptors (Lipinski definition) is 2. The first-order valence-corrected chi connectivity index (χ1v) is 9.07. The lowest BCUT2D eigenvalue weighted by Gasteiger charge is -2.13. The summed E-state index contributed by atoms with van der Waals surface area (Å²) >= 11 is 5.45. The van der Waals surface area contributed by atoms with Crippen molar-refractivity contribution in [2.75, 3.05) is 10.6 Å². The molecule has 4 nitrogen and oxygen atoms in total. The molecule has 0 aliphatic carbocycles. The number of nitrogens with zero attached hydrogens (tertiary/aromatic N) is 2.